The number of carbonyl (C=O) groups excluding carboxylic acids is 2. The van der Waals surface area contributed by atoms with Crippen molar-refractivity contribution in [1.82, 2.24) is 15.2 Å². The second-order valence-corrected chi connectivity index (χ2v) is 7.91. The van der Waals surface area contributed by atoms with Crippen molar-refractivity contribution in [3.05, 3.63) is 44.7 Å². The molecule has 2 aromatic heterocycles. The fraction of sp³-hybridized carbons (Fsp3) is 0.312. The molecule has 1 N–H and O–H groups in total. The van der Waals surface area contributed by atoms with Gasteiger partial charge in [-0.05, 0) is 39.7 Å². The Balaban J connectivity index is 1.83. The van der Waals surface area contributed by atoms with Gasteiger partial charge in [0, 0.05) is 25.9 Å². The molecule has 0 saturated heterocycles. The first-order valence-electron chi connectivity index (χ1n) is 7.56. The summed E-state index contributed by atoms with van der Waals surface area (Å²) >= 11 is 4.53. The maximum Gasteiger partial charge on any atom is 0.422 e. The molecular formula is C16H15BrF3N3O3S. The van der Waals surface area contributed by atoms with Gasteiger partial charge in [-0.3, -0.25) is 9.59 Å². The van der Waals surface area contributed by atoms with E-state index >= 15 is 0 Å². The third kappa shape index (κ3) is 7.18. The van der Waals surface area contributed by atoms with Crippen molar-refractivity contribution in [3.63, 3.8) is 0 Å². The molecule has 2 amide bonds. The van der Waals surface area contributed by atoms with Crippen LogP contribution in [-0.2, 0) is 11.3 Å². The van der Waals surface area contributed by atoms with Crippen LogP contribution in [0, 0.1) is 0 Å². The number of likely N-dealkylation sites (N-methyl/N-ethyl adjacent to an activating group) is 1. The molecule has 0 bridgehead atoms. The molecule has 27 heavy (non-hydrogen) atoms. The molecule has 0 aromatic carbocycles. The molecule has 2 heterocycles. The summed E-state index contributed by atoms with van der Waals surface area (Å²) in [7, 11) is 1.51. The lowest BCUT2D eigenvalue weighted by Gasteiger charge is -2.16. The Morgan fingerprint density at radius 2 is 2.07 bits per heavy atom. The summed E-state index contributed by atoms with van der Waals surface area (Å²) in [6.07, 6.45) is -3.17. The van der Waals surface area contributed by atoms with Crippen molar-refractivity contribution in [3.8, 4) is 5.88 Å². The van der Waals surface area contributed by atoms with E-state index in [4.69, 9.17) is 0 Å². The summed E-state index contributed by atoms with van der Waals surface area (Å²) in [4.78, 5) is 29.6. The van der Waals surface area contributed by atoms with Crippen LogP contribution in [0.2, 0.25) is 0 Å². The normalized spacial score (nSPS) is 11.1. The van der Waals surface area contributed by atoms with Crippen LogP contribution in [0.4, 0.5) is 13.2 Å². The third-order valence-electron chi connectivity index (χ3n) is 3.18. The molecule has 0 atom stereocenters. The monoisotopic (exact) mass is 465 g/mol. The minimum absolute atomic E-state index is 0.0658. The summed E-state index contributed by atoms with van der Waals surface area (Å²) < 4.78 is 41.9. The van der Waals surface area contributed by atoms with Crippen LogP contribution in [0.3, 0.4) is 0 Å². The van der Waals surface area contributed by atoms with E-state index in [9.17, 15) is 22.8 Å². The zero-order valence-electron chi connectivity index (χ0n) is 14.0. The zero-order chi connectivity index (χ0) is 20.0. The van der Waals surface area contributed by atoms with Crippen molar-refractivity contribution in [2.24, 2.45) is 0 Å². The van der Waals surface area contributed by atoms with E-state index in [0.717, 1.165) is 3.79 Å². The van der Waals surface area contributed by atoms with Gasteiger partial charge in [-0.2, -0.15) is 13.2 Å². The highest BCUT2D eigenvalue weighted by molar-refractivity contribution is 9.11. The van der Waals surface area contributed by atoms with E-state index in [-0.39, 0.29) is 24.9 Å². The van der Waals surface area contributed by atoms with E-state index in [1.165, 1.54) is 35.5 Å². The van der Waals surface area contributed by atoms with E-state index in [1.54, 1.807) is 18.2 Å². The molecular weight excluding hydrogens is 451 g/mol. The Labute approximate surface area is 165 Å². The second kappa shape index (κ2) is 9.18. The molecule has 6 nitrogen and oxygen atoms in total. The van der Waals surface area contributed by atoms with Gasteiger partial charge >= 0.3 is 6.18 Å². The largest absolute Gasteiger partial charge is 0.468 e. The van der Waals surface area contributed by atoms with E-state index in [1.807, 2.05) is 0 Å². The first-order valence-corrected chi connectivity index (χ1v) is 9.17. The molecule has 0 radical (unpaired) electrons. The minimum Gasteiger partial charge on any atom is -0.468 e. The topological polar surface area (TPSA) is 71.5 Å². The number of amides is 2. The number of nitrogens with one attached hydrogen (secondary N) is 1. The molecule has 0 fully saturated rings. The number of ether oxygens (including phenoxy) is 1. The average molecular weight is 466 g/mol. The van der Waals surface area contributed by atoms with Crippen LogP contribution in [0.1, 0.15) is 15.2 Å². The zero-order valence-corrected chi connectivity index (χ0v) is 16.4. The predicted octanol–water partition coefficient (Wildman–Crippen LogP) is 3.24. The number of aromatic nitrogens is 1. The summed E-state index contributed by atoms with van der Waals surface area (Å²) in [5.74, 6) is -0.877. The van der Waals surface area contributed by atoms with Crippen molar-refractivity contribution >= 4 is 39.1 Å². The molecule has 146 valence electrons. The highest BCUT2D eigenvalue weighted by Crippen LogP contribution is 2.23. The molecule has 2 aromatic rings. The van der Waals surface area contributed by atoms with Crippen LogP contribution in [0.25, 0.3) is 0 Å². The molecule has 0 aliphatic rings. The summed E-state index contributed by atoms with van der Waals surface area (Å²) in [5, 5.41) is 2.60. The molecule has 0 aliphatic carbocycles. The average Bonchev–Trinajstić information content (AvgIpc) is 3.03. The van der Waals surface area contributed by atoms with Crippen LogP contribution < -0.4 is 10.1 Å². The van der Waals surface area contributed by atoms with Gasteiger partial charge in [-0.25, -0.2) is 4.98 Å². The molecule has 0 spiro atoms. The van der Waals surface area contributed by atoms with Gasteiger partial charge in [0.05, 0.1) is 15.2 Å². The maximum absolute atomic E-state index is 12.2. The fourth-order valence-electron chi connectivity index (χ4n) is 1.96. The number of carbonyl (C=O) groups is 2. The van der Waals surface area contributed by atoms with Gasteiger partial charge in [0.25, 0.3) is 5.91 Å². The van der Waals surface area contributed by atoms with Crippen molar-refractivity contribution < 1.29 is 27.5 Å². The van der Waals surface area contributed by atoms with Crippen molar-refractivity contribution in [2.45, 2.75) is 12.7 Å². The van der Waals surface area contributed by atoms with Gasteiger partial charge in [0.2, 0.25) is 11.8 Å². The number of alkyl halides is 3. The second-order valence-electron chi connectivity index (χ2n) is 5.45. The molecule has 2 rings (SSSR count). The van der Waals surface area contributed by atoms with E-state index in [0.29, 0.717) is 10.4 Å². The minimum atomic E-state index is -4.46. The number of thiophene rings is 1. The lowest BCUT2D eigenvalue weighted by molar-refractivity contribution is -0.154. The smallest absolute Gasteiger partial charge is 0.422 e. The molecule has 0 unspecified atom stereocenters. The number of hydrogen-bond donors (Lipinski definition) is 1. The molecule has 11 heteroatoms. The Kier molecular flexibility index (Phi) is 7.19. The van der Waals surface area contributed by atoms with Crippen LogP contribution in [0.15, 0.2) is 34.2 Å². The lowest BCUT2D eigenvalue weighted by Crippen LogP contribution is -2.37. The number of pyridine rings is 1. The lowest BCUT2D eigenvalue weighted by atomic mass is 10.2. The first-order chi connectivity index (χ1) is 12.6. The number of halogens is 4. The van der Waals surface area contributed by atoms with Gasteiger partial charge < -0.3 is 15.0 Å². The first kappa shape index (κ1) is 21.2. The third-order valence-corrected chi connectivity index (χ3v) is 4.80. The Morgan fingerprint density at radius 3 is 2.70 bits per heavy atom. The van der Waals surface area contributed by atoms with E-state index < -0.39 is 18.7 Å². The van der Waals surface area contributed by atoms with Crippen molar-refractivity contribution in [1.29, 1.82) is 0 Å². The Hall–Kier alpha value is -2.14. The molecule has 0 aliphatic heterocycles. The van der Waals surface area contributed by atoms with Crippen LogP contribution in [0.5, 0.6) is 5.88 Å². The highest BCUT2D eigenvalue weighted by Gasteiger charge is 2.28. The summed E-state index contributed by atoms with van der Waals surface area (Å²) in [5.41, 5.74) is 0.520. The standard InChI is InChI=1S/C16H15BrF3N3O3S/c1-23(15(25)11-2-3-12(17)27-11)8-13(24)22-7-10-4-5-21-14(6-10)26-9-16(18,19)20/h2-6H,7-9H2,1H3,(H,22,24). The van der Waals surface area contributed by atoms with Gasteiger partial charge in [0.15, 0.2) is 6.61 Å². The SMILES string of the molecule is CN(CC(=O)NCc1ccnc(OCC(F)(F)F)c1)C(=O)c1ccc(Br)s1. The fourth-order valence-corrected chi connectivity index (χ4v) is 3.34. The Morgan fingerprint density at radius 1 is 1.33 bits per heavy atom. The van der Waals surface area contributed by atoms with Gasteiger partial charge in [0.1, 0.15) is 0 Å². The maximum atomic E-state index is 12.2. The van der Waals surface area contributed by atoms with Gasteiger partial charge in [-0.1, -0.05) is 0 Å². The number of rotatable bonds is 7. The van der Waals surface area contributed by atoms with Crippen molar-refractivity contribution in [2.75, 3.05) is 20.2 Å². The summed E-state index contributed by atoms with van der Waals surface area (Å²) in [6, 6.07) is 6.25. The number of nitrogens with zero attached hydrogens (tertiary/aromatic N) is 2. The van der Waals surface area contributed by atoms with Crippen LogP contribution >= 0.6 is 27.3 Å². The Bertz CT molecular complexity index is 813. The van der Waals surface area contributed by atoms with E-state index in [2.05, 4.69) is 31.0 Å². The quantitative estimate of drug-likeness (QED) is 0.681. The molecule has 0 saturated carbocycles. The van der Waals surface area contributed by atoms with Crippen LogP contribution in [-0.4, -0.2) is 48.1 Å². The predicted molar refractivity (Wildman–Crippen MR) is 96.6 cm³/mol. The number of hydrogen-bond acceptors (Lipinski definition) is 5. The highest BCUT2D eigenvalue weighted by atomic mass is 79.9. The van der Waals surface area contributed by atoms with Gasteiger partial charge in [-0.15, -0.1) is 11.3 Å². The summed E-state index contributed by atoms with van der Waals surface area (Å²) in [6.45, 7) is -1.53.